The molecule has 0 radical (unpaired) electrons. The van der Waals surface area contributed by atoms with Crippen LogP contribution < -0.4 is 5.32 Å². The maximum atomic E-state index is 12.8. The van der Waals surface area contributed by atoms with Gasteiger partial charge in [-0.05, 0) is 32.1 Å². The summed E-state index contributed by atoms with van der Waals surface area (Å²) in [5.74, 6) is -1.39. The van der Waals surface area contributed by atoms with Gasteiger partial charge in [0.15, 0.2) is 6.29 Å². The molecule has 3 rings (SSSR count). The van der Waals surface area contributed by atoms with Crippen LogP contribution >= 0.6 is 0 Å². The molecule has 9 heteroatoms. The van der Waals surface area contributed by atoms with Crippen LogP contribution in [-0.4, -0.2) is 68.6 Å². The summed E-state index contributed by atoms with van der Waals surface area (Å²) < 4.78 is 0. The smallest absolute Gasteiger partial charge is 0.253 e. The van der Waals surface area contributed by atoms with Crippen LogP contribution in [0.25, 0.3) is 22.1 Å². The van der Waals surface area contributed by atoms with Gasteiger partial charge in [0.1, 0.15) is 39.3 Å². The SMILES string of the molecule is CCN(CC)CCNC(=O)c1ccc(O)c2nc3c(C=O)c(O)c(C)c(O)c3nc12. The van der Waals surface area contributed by atoms with Crippen molar-refractivity contribution < 1.29 is 24.9 Å². The average Bonchev–Trinajstić information content (AvgIpc) is 2.75. The van der Waals surface area contributed by atoms with Gasteiger partial charge in [-0.15, -0.1) is 0 Å². The summed E-state index contributed by atoms with van der Waals surface area (Å²) in [7, 11) is 0. The molecule has 0 atom stereocenters. The van der Waals surface area contributed by atoms with Crippen molar-refractivity contribution in [2.24, 2.45) is 0 Å². The fourth-order valence-corrected chi connectivity index (χ4v) is 3.34. The first kappa shape index (κ1) is 21.3. The lowest BCUT2D eigenvalue weighted by Crippen LogP contribution is -2.34. The minimum atomic E-state index is -0.409. The van der Waals surface area contributed by atoms with Crippen LogP contribution in [0.5, 0.6) is 17.2 Å². The Morgan fingerprint density at radius 3 is 2.33 bits per heavy atom. The highest BCUT2D eigenvalue weighted by Crippen LogP contribution is 2.38. The monoisotopic (exact) mass is 412 g/mol. The number of rotatable bonds is 7. The second-order valence-corrected chi connectivity index (χ2v) is 6.89. The summed E-state index contributed by atoms with van der Waals surface area (Å²) in [6, 6.07) is 2.74. The Kier molecular flexibility index (Phi) is 6.02. The number of hydrogen-bond donors (Lipinski definition) is 4. The van der Waals surface area contributed by atoms with Crippen molar-refractivity contribution in [3.8, 4) is 17.2 Å². The fraction of sp³-hybridized carbons (Fsp3) is 0.333. The number of aldehydes is 1. The number of likely N-dealkylation sites (N-methyl/N-ethyl adjacent to an activating group) is 1. The van der Waals surface area contributed by atoms with Crippen LogP contribution in [0.3, 0.4) is 0 Å². The number of aromatic nitrogens is 2. The van der Waals surface area contributed by atoms with Gasteiger partial charge in [0.25, 0.3) is 5.91 Å². The van der Waals surface area contributed by atoms with Crippen LogP contribution in [0.15, 0.2) is 12.1 Å². The van der Waals surface area contributed by atoms with Crippen molar-refractivity contribution in [1.29, 1.82) is 0 Å². The summed E-state index contributed by atoms with van der Waals surface area (Å²) in [5, 5.41) is 33.7. The predicted molar refractivity (Wildman–Crippen MR) is 112 cm³/mol. The number of carbonyl (C=O) groups excluding carboxylic acids is 2. The summed E-state index contributed by atoms with van der Waals surface area (Å²) in [4.78, 5) is 35.0. The number of nitrogens with zero attached hydrogens (tertiary/aromatic N) is 3. The van der Waals surface area contributed by atoms with Gasteiger partial charge in [-0.1, -0.05) is 13.8 Å². The Morgan fingerprint density at radius 2 is 1.70 bits per heavy atom. The molecule has 0 aliphatic rings. The Hall–Kier alpha value is -3.46. The molecule has 2 aromatic carbocycles. The van der Waals surface area contributed by atoms with Crippen molar-refractivity contribution in [3.63, 3.8) is 0 Å². The lowest BCUT2D eigenvalue weighted by Gasteiger charge is -2.18. The molecule has 0 saturated carbocycles. The normalized spacial score (nSPS) is 11.3. The second-order valence-electron chi connectivity index (χ2n) is 6.89. The molecule has 4 N–H and O–H groups in total. The number of benzene rings is 2. The van der Waals surface area contributed by atoms with E-state index in [0.29, 0.717) is 19.4 Å². The molecule has 0 aliphatic carbocycles. The Labute approximate surface area is 173 Å². The van der Waals surface area contributed by atoms with E-state index in [1.165, 1.54) is 19.1 Å². The maximum Gasteiger partial charge on any atom is 0.253 e. The zero-order valence-corrected chi connectivity index (χ0v) is 17.1. The molecular formula is C21H24N4O5. The molecule has 0 unspecified atom stereocenters. The number of amides is 1. The summed E-state index contributed by atoms with van der Waals surface area (Å²) in [6.45, 7) is 8.38. The van der Waals surface area contributed by atoms with Crippen LogP contribution in [0.1, 0.15) is 40.1 Å². The molecule has 30 heavy (non-hydrogen) atoms. The van der Waals surface area contributed by atoms with E-state index in [4.69, 9.17) is 0 Å². The number of nitrogens with one attached hydrogen (secondary N) is 1. The van der Waals surface area contributed by atoms with Crippen LogP contribution in [-0.2, 0) is 0 Å². The van der Waals surface area contributed by atoms with Crippen molar-refractivity contribution in [1.82, 2.24) is 20.2 Å². The third-order valence-corrected chi connectivity index (χ3v) is 5.22. The summed E-state index contributed by atoms with van der Waals surface area (Å²) >= 11 is 0. The van der Waals surface area contributed by atoms with Crippen molar-refractivity contribution >= 4 is 34.3 Å². The van der Waals surface area contributed by atoms with E-state index >= 15 is 0 Å². The molecule has 0 bridgehead atoms. The molecule has 0 fully saturated rings. The van der Waals surface area contributed by atoms with Crippen LogP contribution in [0.2, 0.25) is 0 Å². The maximum absolute atomic E-state index is 12.8. The second kappa shape index (κ2) is 8.50. The molecule has 9 nitrogen and oxygen atoms in total. The number of fused-ring (bicyclic) bond motifs is 2. The molecule has 1 aromatic heterocycles. The third kappa shape index (κ3) is 3.59. The molecule has 1 heterocycles. The van der Waals surface area contributed by atoms with Gasteiger partial charge < -0.3 is 25.5 Å². The average molecular weight is 412 g/mol. The summed E-state index contributed by atoms with van der Waals surface area (Å²) in [5.41, 5.74) is 0.0706. The van der Waals surface area contributed by atoms with E-state index in [-0.39, 0.29) is 50.3 Å². The number of phenols is 3. The Morgan fingerprint density at radius 1 is 1.03 bits per heavy atom. The molecule has 158 valence electrons. The Balaban J connectivity index is 2.12. The number of aromatic hydroxyl groups is 3. The highest BCUT2D eigenvalue weighted by atomic mass is 16.3. The lowest BCUT2D eigenvalue weighted by molar-refractivity contribution is 0.0950. The number of carbonyl (C=O) groups is 2. The van der Waals surface area contributed by atoms with Gasteiger partial charge in [-0.3, -0.25) is 9.59 Å². The first-order valence-electron chi connectivity index (χ1n) is 9.67. The van der Waals surface area contributed by atoms with Gasteiger partial charge in [0.2, 0.25) is 0 Å². The number of hydrogen-bond acceptors (Lipinski definition) is 8. The highest BCUT2D eigenvalue weighted by molar-refractivity contribution is 6.09. The first-order valence-corrected chi connectivity index (χ1v) is 9.67. The van der Waals surface area contributed by atoms with Crippen molar-refractivity contribution in [3.05, 3.63) is 28.8 Å². The topological polar surface area (TPSA) is 136 Å². The van der Waals surface area contributed by atoms with Crippen LogP contribution in [0, 0.1) is 6.92 Å². The van der Waals surface area contributed by atoms with E-state index in [0.717, 1.165) is 13.1 Å². The zero-order valence-electron chi connectivity index (χ0n) is 17.1. The minimum absolute atomic E-state index is 0.00959. The molecular weight excluding hydrogens is 388 g/mol. The van der Waals surface area contributed by atoms with Gasteiger partial charge in [-0.2, -0.15) is 0 Å². The number of phenolic OH excluding ortho intramolecular Hbond substituents is 3. The van der Waals surface area contributed by atoms with E-state index in [2.05, 4.69) is 20.2 Å². The largest absolute Gasteiger partial charge is 0.507 e. The van der Waals surface area contributed by atoms with Gasteiger partial charge in [-0.25, -0.2) is 9.97 Å². The van der Waals surface area contributed by atoms with E-state index in [1.54, 1.807) is 0 Å². The molecule has 0 spiro atoms. The molecule has 0 saturated heterocycles. The van der Waals surface area contributed by atoms with Crippen molar-refractivity contribution in [2.75, 3.05) is 26.2 Å². The predicted octanol–water partition coefficient (Wildman–Crippen LogP) is 2.09. The van der Waals surface area contributed by atoms with Gasteiger partial charge >= 0.3 is 0 Å². The van der Waals surface area contributed by atoms with E-state index < -0.39 is 11.7 Å². The summed E-state index contributed by atoms with van der Waals surface area (Å²) in [6.07, 6.45) is 0.408. The minimum Gasteiger partial charge on any atom is -0.507 e. The van der Waals surface area contributed by atoms with Crippen molar-refractivity contribution in [2.45, 2.75) is 20.8 Å². The van der Waals surface area contributed by atoms with Crippen LogP contribution in [0.4, 0.5) is 0 Å². The third-order valence-electron chi connectivity index (χ3n) is 5.22. The highest BCUT2D eigenvalue weighted by Gasteiger charge is 2.22. The molecule has 3 aromatic rings. The lowest BCUT2D eigenvalue weighted by atomic mass is 10.0. The first-order chi connectivity index (χ1) is 14.3. The Bertz CT molecular complexity index is 1140. The molecule has 1 amide bonds. The molecule has 0 aliphatic heterocycles. The standard InChI is InChI=1S/C21H24N4O5/c1-4-25(5-2)9-8-22-21(30)12-6-7-14(27)17-15(12)24-18-16(23-17)13(10-26)19(28)11(3)20(18)29/h6-7,10,27-29H,4-5,8-9H2,1-3H3,(H,22,30). The fourth-order valence-electron chi connectivity index (χ4n) is 3.34. The van der Waals surface area contributed by atoms with Gasteiger partial charge in [0, 0.05) is 18.7 Å². The van der Waals surface area contributed by atoms with Gasteiger partial charge in [0.05, 0.1) is 11.1 Å². The quantitative estimate of drug-likeness (QED) is 0.342. The van der Waals surface area contributed by atoms with E-state index in [1.807, 2.05) is 13.8 Å². The van der Waals surface area contributed by atoms with E-state index in [9.17, 15) is 24.9 Å². The zero-order chi connectivity index (χ0) is 22.0.